The molecule has 0 aliphatic heterocycles. The van der Waals surface area contributed by atoms with Crippen LogP contribution in [-0.2, 0) is 0 Å². The molecule has 0 heterocycles. The van der Waals surface area contributed by atoms with E-state index in [1.165, 1.54) is 0 Å². The Hall–Kier alpha value is -0.650. The number of halogens is 2. The maximum absolute atomic E-state index is 12.2. The van der Waals surface area contributed by atoms with Crippen LogP contribution < -0.4 is 0 Å². The largest absolute Gasteiger partial charge is 0.313 e. The quantitative estimate of drug-likeness (QED) is 0.443. The lowest BCUT2D eigenvalue weighted by Gasteiger charge is -2.02. The molecule has 0 aromatic rings. The van der Waals surface area contributed by atoms with Gasteiger partial charge in [-0.3, -0.25) is 0 Å². The molecule has 0 radical (unpaired) electrons. The van der Waals surface area contributed by atoms with Crippen LogP contribution in [0.15, 0.2) is 0 Å². The first-order valence-corrected chi connectivity index (χ1v) is 2.88. The molecule has 1 saturated carbocycles. The average Bonchev–Trinajstić information content (AvgIpc) is 2.10. The summed E-state index contributed by atoms with van der Waals surface area (Å²) in [7, 11) is 0. The highest BCUT2D eigenvalue weighted by molar-refractivity contribution is 4.92. The first kappa shape index (κ1) is 6.47. The number of rotatable bonds is 0. The molecular weight excluding hydrogens is 124 g/mol. The number of hydrogen-bond donors (Lipinski definition) is 0. The van der Waals surface area contributed by atoms with Crippen LogP contribution in [-0.4, -0.2) is 12.0 Å². The maximum atomic E-state index is 12.2. The molecule has 0 aromatic heterocycles. The van der Waals surface area contributed by atoms with Crippen LogP contribution in [0.5, 0.6) is 0 Å². The fourth-order valence-corrected chi connectivity index (χ4v) is 1.04. The second kappa shape index (κ2) is 1.94. The number of hydrogen-bond acceptors (Lipinski definition) is 0. The summed E-state index contributed by atoms with van der Waals surface area (Å²) < 4.78 is 24.5. The van der Waals surface area contributed by atoms with Gasteiger partial charge in [0.1, 0.15) is 0 Å². The van der Waals surface area contributed by atoms with Gasteiger partial charge in [0.15, 0.2) is 0 Å². The van der Waals surface area contributed by atoms with E-state index in [4.69, 9.17) is 6.57 Å². The van der Waals surface area contributed by atoms with Crippen LogP contribution in [0.4, 0.5) is 8.78 Å². The number of nitrogens with zero attached hydrogens (tertiary/aromatic N) is 1. The Kier molecular flexibility index (Phi) is 1.40. The summed E-state index contributed by atoms with van der Waals surface area (Å²) in [6, 6.07) is -0.417. The maximum Gasteiger partial charge on any atom is 0.255 e. The van der Waals surface area contributed by atoms with E-state index in [0.717, 1.165) is 0 Å². The molecule has 3 heteroatoms. The number of alkyl halides is 2. The van der Waals surface area contributed by atoms with Gasteiger partial charge in [0, 0.05) is 12.8 Å². The topological polar surface area (TPSA) is 4.36 Å². The van der Waals surface area contributed by atoms with Crippen molar-refractivity contribution >= 4 is 0 Å². The molecule has 0 amide bonds. The lowest BCUT2D eigenvalue weighted by molar-refractivity contribution is 0.00889. The summed E-state index contributed by atoms with van der Waals surface area (Å²) in [5.41, 5.74) is 0. The van der Waals surface area contributed by atoms with E-state index >= 15 is 0 Å². The van der Waals surface area contributed by atoms with Crippen molar-refractivity contribution in [2.75, 3.05) is 0 Å². The van der Waals surface area contributed by atoms with E-state index in [0.29, 0.717) is 6.42 Å². The van der Waals surface area contributed by atoms with Gasteiger partial charge in [0.2, 0.25) is 6.04 Å². The standard InChI is InChI=1S/C6H7F2N/c1-9-5-2-3-6(7,8)4-5/h5H,2-4H2. The minimum absolute atomic E-state index is 0.0972. The summed E-state index contributed by atoms with van der Waals surface area (Å²) >= 11 is 0. The third-order valence-corrected chi connectivity index (χ3v) is 1.56. The Balaban J connectivity index is 2.50. The SMILES string of the molecule is [C-]#[N+]C1CCC(F)(F)C1. The Labute approximate surface area is 52.5 Å². The molecule has 0 aromatic carbocycles. The second-order valence-corrected chi connectivity index (χ2v) is 2.38. The highest BCUT2D eigenvalue weighted by Crippen LogP contribution is 2.36. The molecule has 0 N–H and O–H groups in total. The van der Waals surface area contributed by atoms with Crippen molar-refractivity contribution in [3.05, 3.63) is 11.4 Å². The summed E-state index contributed by atoms with van der Waals surface area (Å²) in [5.74, 6) is -2.55. The highest BCUT2D eigenvalue weighted by atomic mass is 19.3. The van der Waals surface area contributed by atoms with Crippen molar-refractivity contribution in [3.63, 3.8) is 0 Å². The molecule has 0 saturated heterocycles. The minimum Gasteiger partial charge on any atom is -0.313 e. The van der Waals surface area contributed by atoms with Crippen molar-refractivity contribution in [3.8, 4) is 0 Å². The molecule has 1 aliphatic carbocycles. The van der Waals surface area contributed by atoms with Gasteiger partial charge in [-0.1, -0.05) is 0 Å². The molecule has 1 rings (SSSR count). The van der Waals surface area contributed by atoms with Crippen molar-refractivity contribution in [2.45, 2.75) is 31.2 Å². The van der Waals surface area contributed by atoms with Gasteiger partial charge in [-0.2, -0.15) is 0 Å². The Morgan fingerprint density at radius 3 is 2.44 bits per heavy atom. The van der Waals surface area contributed by atoms with E-state index in [-0.39, 0.29) is 12.8 Å². The predicted octanol–water partition coefficient (Wildman–Crippen LogP) is 2.09. The van der Waals surface area contributed by atoms with Gasteiger partial charge in [-0.15, -0.1) is 0 Å². The Morgan fingerprint density at radius 1 is 1.56 bits per heavy atom. The van der Waals surface area contributed by atoms with Crippen molar-refractivity contribution in [2.24, 2.45) is 0 Å². The molecule has 0 spiro atoms. The van der Waals surface area contributed by atoms with Crippen molar-refractivity contribution < 1.29 is 8.78 Å². The molecule has 50 valence electrons. The Morgan fingerprint density at radius 2 is 2.22 bits per heavy atom. The van der Waals surface area contributed by atoms with Crippen LogP contribution in [0.25, 0.3) is 4.85 Å². The molecule has 1 nitrogen and oxygen atoms in total. The van der Waals surface area contributed by atoms with Crippen LogP contribution in [0.3, 0.4) is 0 Å². The molecule has 0 bridgehead atoms. The second-order valence-electron chi connectivity index (χ2n) is 2.38. The van der Waals surface area contributed by atoms with Gasteiger partial charge in [-0.05, 0) is 0 Å². The predicted molar refractivity (Wildman–Crippen MR) is 29.2 cm³/mol. The lowest BCUT2D eigenvalue weighted by atomic mass is 10.3. The van der Waals surface area contributed by atoms with Gasteiger partial charge in [0.25, 0.3) is 5.92 Å². The average molecular weight is 131 g/mol. The zero-order chi connectivity index (χ0) is 6.91. The zero-order valence-corrected chi connectivity index (χ0v) is 4.90. The monoisotopic (exact) mass is 131 g/mol. The van der Waals surface area contributed by atoms with E-state index in [9.17, 15) is 8.78 Å². The van der Waals surface area contributed by atoms with Crippen LogP contribution in [0, 0.1) is 6.57 Å². The van der Waals surface area contributed by atoms with Gasteiger partial charge in [-0.25, -0.2) is 15.4 Å². The van der Waals surface area contributed by atoms with E-state index in [1.807, 2.05) is 0 Å². The molecule has 1 fully saturated rings. The van der Waals surface area contributed by atoms with E-state index in [1.54, 1.807) is 0 Å². The fourth-order valence-electron chi connectivity index (χ4n) is 1.04. The third kappa shape index (κ3) is 1.38. The lowest BCUT2D eigenvalue weighted by Crippen LogP contribution is -2.09. The van der Waals surface area contributed by atoms with Crippen LogP contribution in [0.2, 0.25) is 0 Å². The van der Waals surface area contributed by atoms with E-state index < -0.39 is 12.0 Å². The Bertz CT molecular complexity index is 148. The van der Waals surface area contributed by atoms with Crippen molar-refractivity contribution in [1.29, 1.82) is 0 Å². The molecular formula is C6H7F2N. The summed E-state index contributed by atoms with van der Waals surface area (Å²) in [6.45, 7) is 6.47. The highest BCUT2D eigenvalue weighted by Gasteiger charge is 2.42. The van der Waals surface area contributed by atoms with Gasteiger partial charge in [0.05, 0.1) is 6.42 Å². The molecule has 1 aliphatic rings. The first-order valence-electron chi connectivity index (χ1n) is 2.88. The third-order valence-electron chi connectivity index (χ3n) is 1.56. The minimum atomic E-state index is -2.55. The zero-order valence-electron chi connectivity index (χ0n) is 4.90. The normalized spacial score (nSPS) is 31.9. The molecule has 9 heavy (non-hydrogen) atoms. The summed E-state index contributed by atoms with van der Waals surface area (Å²) in [5, 5.41) is 0. The smallest absolute Gasteiger partial charge is 0.255 e. The van der Waals surface area contributed by atoms with Crippen LogP contribution >= 0.6 is 0 Å². The fraction of sp³-hybridized carbons (Fsp3) is 0.833. The van der Waals surface area contributed by atoms with E-state index in [2.05, 4.69) is 4.85 Å². The molecule has 1 atom stereocenters. The van der Waals surface area contributed by atoms with Crippen LogP contribution in [0.1, 0.15) is 19.3 Å². The van der Waals surface area contributed by atoms with Gasteiger partial charge < -0.3 is 4.85 Å². The summed E-state index contributed by atoms with van der Waals surface area (Å²) in [6.07, 6.45) is 0.0487. The van der Waals surface area contributed by atoms with Crippen molar-refractivity contribution in [1.82, 2.24) is 0 Å². The first-order chi connectivity index (χ1) is 4.14. The molecule has 1 unspecified atom stereocenters. The summed E-state index contributed by atoms with van der Waals surface area (Å²) in [4.78, 5) is 3.05. The van der Waals surface area contributed by atoms with Gasteiger partial charge >= 0.3 is 0 Å².